The molecule has 1 amide bonds. The van der Waals surface area contributed by atoms with Crippen LogP contribution in [0.1, 0.15) is 17.0 Å². The summed E-state index contributed by atoms with van der Waals surface area (Å²) in [7, 11) is 1.70. The van der Waals surface area contributed by atoms with Crippen molar-refractivity contribution in [3.8, 4) is 0 Å². The Kier molecular flexibility index (Phi) is 4.01. The summed E-state index contributed by atoms with van der Waals surface area (Å²) in [5.74, 6) is -1.14. The molecular formula is C9H14N4O3. The van der Waals surface area contributed by atoms with E-state index in [1.165, 1.54) is 6.20 Å². The number of nitrogens with zero attached hydrogens (tertiary/aromatic N) is 2. The predicted octanol–water partition coefficient (Wildman–Crippen LogP) is -1.05. The number of rotatable bonds is 5. The number of aromatic nitrogens is 2. The van der Waals surface area contributed by atoms with Gasteiger partial charge in [0.15, 0.2) is 5.82 Å². The molecule has 1 atom stereocenters. The Hall–Kier alpha value is -1.89. The number of aryl methyl sites for hydroxylation is 1. The van der Waals surface area contributed by atoms with E-state index < -0.39 is 12.0 Å². The van der Waals surface area contributed by atoms with E-state index in [0.29, 0.717) is 0 Å². The molecule has 1 aromatic heterocycles. The largest absolute Gasteiger partial charge is 0.480 e. The van der Waals surface area contributed by atoms with Crippen LogP contribution in [0.15, 0.2) is 12.4 Å². The molecule has 88 valence electrons. The Morgan fingerprint density at radius 2 is 2.38 bits per heavy atom. The van der Waals surface area contributed by atoms with Gasteiger partial charge in [0.05, 0.1) is 0 Å². The second-order valence-corrected chi connectivity index (χ2v) is 3.35. The van der Waals surface area contributed by atoms with E-state index in [1.54, 1.807) is 17.8 Å². The fourth-order valence-electron chi connectivity index (χ4n) is 1.13. The molecule has 0 aliphatic carbocycles. The van der Waals surface area contributed by atoms with Gasteiger partial charge in [-0.05, 0) is 6.42 Å². The summed E-state index contributed by atoms with van der Waals surface area (Å²) < 4.78 is 1.58. The van der Waals surface area contributed by atoms with Gasteiger partial charge >= 0.3 is 5.97 Å². The van der Waals surface area contributed by atoms with Crippen molar-refractivity contribution in [3.05, 3.63) is 18.2 Å². The minimum absolute atomic E-state index is 0.186. The first-order valence-electron chi connectivity index (χ1n) is 4.76. The van der Waals surface area contributed by atoms with Crippen molar-refractivity contribution in [1.29, 1.82) is 0 Å². The van der Waals surface area contributed by atoms with Crippen molar-refractivity contribution in [1.82, 2.24) is 14.9 Å². The van der Waals surface area contributed by atoms with E-state index in [4.69, 9.17) is 10.8 Å². The van der Waals surface area contributed by atoms with Crippen LogP contribution in [0, 0.1) is 0 Å². The lowest BCUT2D eigenvalue weighted by molar-refractivity contribution is -0.138. The van der Waals surface area contributed by atoms with E-state index in [2.05, 4.69) is 10.3 Å². The number of amides is 1. The second-order valence-electron chi connectivity index (χ2n) is 3.35. The number of aliphatic carboxylic acids is 1. The lowest BCUT2D eigenvalue weighted by Gasteiger charge is -2.07. The maximum atomic E-state index is 11.5. The standard InChI is InChI=1S/C9H14N4O3/c1-13-5-4-11-7(13)8(14)12-3-2-6(10)9(15)16/h4-6H,2-3,10H2,1H3,(H,12,14)(H,15,16). The second kappa shape index (κ2) is 5.26. The Morgan fingerprint density at radius 3 is 2.88 bits per heavy atom. The van der Waals surface area contributed by atoms with Crippen molar-refractivity contribution >= 4 is 11.9 Å². The molecule has 0 radical (unpaired) electrons. The number of carboxylic acids is 1. The van der Waals surface area contributed by atoms with Gasteiger partial charge in [0.1, 0.15) is 6.04 Å². The van der Waals surface area contributed by atoms with Gasteiger partial charge in [-0.25, -0.2) is 4.98 Å². The number of nitrogens with one attached hydrogen (secondary N) is 1. The molecule has 0 fully saturated rings. The molecule has 7 nitrogen and oxygen atoms in total. The number of nitrogens with two attached hydrogens (primary N) is 1. The monoisotopic (exact) mass is 226 g/mol. The highest BCUT2D eigenvalue weighted by molar-refractivity contribution is 5.90. The van der Waals surface area contributed by atoms with E-state index in [0.717, 1.165) is 0 Å². The van der Waals surface area contributed by atoms with Gasteiger partial charge < -0.3 is 20.7 Å². The van der Waals surface area contributed by atoms with E-state index in [1.807, 2.05) is 0 Å². The quantitative estimate of drug-likeness (QED) is 0.593. The van der Waals surface area contributed by atoms with Gasteiger partial charge in [-0.15, -0.1) is 0 Å². The van der Waals surface area contributed by atoms with Crippen LogP contribution in [0.5, 0.6) is 0 Å². The van der Waals surface area contributed by atoms with Gasteiger partial charge in [-0.1, -0.05) is 0 Å². The zero-order valence-corrected chi connectivity index (χ0v) is 8.88. The van der Waals surface area contributed by atoms with Gasteiger partial charge in [-0.3, -0.25) is 9.59 Å². The zero-order valence-electron chi connectivity index (χ0n) is 8.88. The lowest BCUT2D eigenvalue weighted by Crippen LogP contribution is -2.36. The minimum Gasteiger partial charge on any atom is -0.480 e. The summed E-state index contributed by atoms with van der Waals surface area (Å²) in [4.78, 5) is 25.8. The van der Waals surface area contributed by atoms with E-state index in [-0.39, 0.29) is 24.7 Å². The third-order valence-corrected chi connectivity index (χ3v) is 2.08. The highest BCUT2D eigenvalue weighted by Crippen LogP contribution is 1.94. The Labute approximate surface area is 92.3 Å². The molecule has 1 heterocycles. The summed E-state index contributed by atoms with van der Waals surface area (Å²) in [5.41, 5.74) is 5.28. The smallest absolute Gasteiger partial charge is 0.320 e. The molecule has 1 aromatic rings. The normalized spacial score (nSPS) is 12.1. The Bertz CT molecular complexity index is 388. The highest BCUT2D eigenvalue weighted by atomic mass is 16.4. The van der Waals surface area contributed by atoms with Crippen LogP contribution in [0.25, 0.3) is 0 Å². The van der Waals surface area contributed by atoms with Gasteiger partial charge in [0.25, 0.3) is 5.91 Å². The third-order valence-electron chi connectivity index (χ3n) is 2.08. The number of hydrogen-bond acceptors (Lipinski definition) is 4. The summed E-state index contributed by atoms with van der Waals surface area (Å²) in [6, 6.07) is -0.957. The molecule has 7 heteroatoms. The van der Waals surface area contributed by atoms with Crippen LogP contribution < -0.4 is 11.1 Å². The zero-order chi connectivity index (χ0) is 12.1. The van der Waals surface area contributed by atoms with Crippen molar-refractivity contribution in [2.24, 2.45) is 12.8 Å². The van der Waals surface area contributed by atoms with Crippen molar-refractivity contribution in [2.75, 3.05) is 6.54 Å². The van der Waals surface area contributed by atoms with Crippen LogP contribution in [0.2, 0.25) is 0 Å². The molecule has 0 saturated carbocycles. The molecule has 0 aromatic carbocycles. The Balaban J connectivity index is 2.37. The third kappa shape index (κ3) is 3.06. The number of carbonyl (C=O) groups is 2. The van der Waals surface area contributed by atoms with Crippen molar-refractivity contribution in [2.45, 2.75) is 12.5 Å². The minimum atomic E-state index is -1.08. The van der Waals surface area contributed by atoms with E-state index in [9.17, 15) is 9.59 Å². The molecular weight excluding hydrogens is 212 g/mol. The SMILES string of the molecule is Cn1ccnc1C(=O)NCCC(N)C(=O)O. The van der Waals surface area contributed by atoms with Gasteiger partial charge in [0.2, 0.25) is 0 Å². The van der Waals surface area contributed by atoms with Crippen LogP contribution in [0.3, 0.4) is 0 Å². The Morgan fingerprint density at radius 1 is 1.69 bits per heavy atom. The molecule has 0 aliphatic rings. The topological polar surface area (TPSA) is 110 Å². The summed E-state index contributed by atoms with van der Waals surface area (Å²) in [6.07, 6.45) is 3.35. The first-order chi connectivity index (χ1) is 7.52. The average molecular weight is 226 g/mol. The van der Waals surface area contributed by atoms with E-state index >= 15 is 0 Å². The number of hydrogen-bond donors (Lipinski definition) is 3. The molecule has 4 N–H and O–H groups in total. The maximum Gasteiger partial charge on any atom is 0.320 e. The summed E-state index contributed by atoms with van der Waals surface area (Å²) in [5, 5.41) is 11.1. The highest BCUT2D eigenvalue weighted by Gasteiger charge is 2.13. The molecule has 0 aliphatic heterocycles. The number of carboxylic acid groups (broad SMARTS) is 1. The molecule has 1 rings (SSSR count). The van der Waals surface area contributed by atoms with Crippen molar-refractivity contribution < 1.29 is 14.7 Å². The fourth-order valence-corrected chi connectivity index (χ4v) is 1.13. The van der Waals surface area contributed by atoms with Crippen LogP contribution in [-0.4, -0.2) is 39.1 Å². The first kappa shape index (κ1) is 12.2. The molecule has 1 unspecified atom stereocenters. The predicted molar refractivity (Wildman–Crippen MR) is 55.8 cm³/mol. The van der Waals surface area contributed by atoms with Crippen molar-refractivity contribution in [3.63, 3.8) is 0 Å². The van der Waals surface area contributed by atoms with Gasteiger partial charge in [0, 0.05) is 26.0 Å². The van der Waals surface area contributed by atoms with Gasteiger partial charge in [-0.2, -0.15) is 0 Å². The molecule has 0 bridgehead atoms. The van der Waals surface area contributed by atoms with Crippen LogP contribution >= 0.6 is 0 Å². The first-order valence-corrected chi connectivity index (χ1v) is 4.76. The fraction of sp³-hybridized carbons (Fsp3) is 0.444. The average Bonchev–Trinajstić information content (AvgIpc) is 2.64. The number of carbonyl (C=O) groups excluding carboxylic acids is 1. The maximum absolute atomic E-state index is 11.5. The molecule has 16 heavy (non-hydrogen) atoms. The van der Waals surface area contributed by atoms with Crippen LogP contribution in [0.4, 0.5) is 0 Å². The summed E-state index contributed by atoms with van der Waals surface area (Å²) >= 11 is 0. The molecule has 0 saturated heterocycles. The number of imidazole rings is 1. The summed E-state index contributed by atoms with van der Waals surface area (Å²) in [6.45, 7) is 0.208. The molecule has 0 spiro atoms. The van der Waals surface area contributed by atoms with Crippen LogP contribution in [-0.2, 0) is 11.8 Å². The lowest BCUT2D eigenvalue weighted by atomic mass is 10.2.